The number of methoxy groups -OCH3 is 1. The van der Waals surface area contributed by atoms with Gasteiger partial charge in [-0.1, -0.05) is 23.7 Å². The first kappa shape index (κ1) is 35.2. The van der Waals surface area contributed by atoms with Crippen LogP contribution in [0.4, 0.5) is 5.69 Å². The van der Waals surface area contributed by atoms with Gasteiger partial charge in [0.2, 0.25) is 11.8 Å². The molecule has 1 aromatic heterocycles. The third kappa shape index (κ3) is 8.22. The molecule has 262 valence electrons. The molecule has 1 unspecified atom stereocenters. The number of amides is 2. The van der Waals surface area contributed by atoms with Crippen molar-refractivity contribution in [3.63, 3.8) is 0 Å². The van der Waals surface area contributed by atoms with Crippen LogP contribution in [0.5, 0.6) is 5.75 Å². The molecular weight excluding hydrogens is 638 g/mol. The Morgan fingerprint density at radius 3 is 2.29 bits per heavy atom. The van der Waals surface area contributed by atoms with Crippen LogP contribution < -0.4 is 20.9 Å². The molecule has 0 spiro atoms. The van der Waals surface area contributed by atoms with E-state index in [-0.39, 0.29) is 23.4 Å². The number of benzene rings is 2. The predicted molar refractivity (Wildman–Crippen MR) is 195 cm³/mol. The summed E-state index contributed by atoms with van der Waals surface area (Å²) < 4.78 is 7.48. The minimum absolute atomic E-state index is 0.0196. The standard InChI is InChI=1S/C39H50ClN5O4/c1-25-26(2)39(48)43(3)23-32(25)30-21-34(40)33(36(22-30)49-4)24-45-17-12-27(13-18-45)11-16-44-19-14-29(15-20-44)28-5-7-31(8-6-28)41-35-9-10-37(46)42-38(35)47/h5-8,21-23,27,29,35,41H,9-20,24H2,1-4H3,(H,42,46,47). The van der Waals surface area contributed by atoms with Gasteiger partial charge < -0.3 is 19.5 Å². The fraction of sp³-hybridized carbons (Fsp3) is 0.513. The van der Waals surface area contributed by atoms with Gasteiger partial charge in [0.1, 0.15) is 11.8 Å². The van der Waals surface area contributed by atoms with Gasteiger partial charge in [-0.25, -0.2) is 0 Å². The van der Waals surface area contributed by atoms with Crippen LogP contribution in [0.1, 0.15) is 73.1 Å². The average molecular weight is 688 g/mol. The molecule has 49 heavy (non-hydrogen) atoms. The molecule has 9 nitrogen and oxygen atoms in total. The van der Waals surface area contributed by atoms with Crippen molar-refractivity contribution in [3.8, 4) is 16.9 Å². The summed E-state index contributed by atoms with van der Waals surface area (Å²) in [5, 5.41) is 6.39. The lowest BCUT2D eigenvalue weighted by Gasteiger charge is -2.35. The first-order valence-corrected chi connectivity index (χ1v) is 18.2. The number of rotatable bonds is 10. The molecule has 4 heterocycles. The van der Waals surface area contributed by atoms with E-state index in [1.165, 1.54) is 37.7 Å². The molecule has 0 bridgehead atoms. The average Bonchev–Trinajstić information content (AvgIpc) is 3.11. The molecule has 10 heteroatoms. The molecule has 2 aromatic carbocycles. The van der Waals surface area contributed by atoms with E-state index in [1.54, 1.807) is 18.7 Å². The number of imide groups is 1. The second-order valence-electron chi connectivity index (χ2n) is 14.2. The molecule has 3 aliphatic heterocycles. The van der Waals surface area contributed by atoms with Crippen LogP contribution in [-0.2, 0) is 23.2 Å². The summed E-state index contributed by atoms with van der Waals surface area (Å²) in [5.41, 5.74) is 6.99. The number of aromatic nitrogens is 1. The number of anilines is 1. The minimum Gasteiger partial charge on any atom is -0.496 e. The van der Waals surface area contributed by atoms with Crippen LogP contribution in [0.3, 0.4) is 0 Å². The molecule has 3 aliphatic rings. The number of pyridine rings is 1. The number of aryl methyl sites for hydroxylation is 1. The van der Waals surface area contributed by atoms with Crippen LogP contribution in [0.2, 0.25) is 5.02 Å². The Morgan fingerprint density at radius 1 is 0.918 bits per heavy atom. The zero-order valence-corrected chi connectivity index (χ0v) is 30.1. The Kier molecular flexibility index (Phi) is 11.1. The van der Waals surface area contributed by atoms with Crippen molar-refractivity contribution in [2.75, 3.05) is 45.2 Å². The molecular formula is C39H50ClN5O4. The number of carbonyl (C=O) groups is 2. The van der Waals surface area contributed by atoms with Gasteiger partial charge in [-0.3, -0.25) is 24.6 Å². The quantitative estimate of drug-likeness (QED) is 0.252. The number of nitrogens with zero attached hydrogens (tertiary/aromatic N) is 3. The summed E-state index contributed by atoms with van der Waals surface area (Å²) in [6.07, 6.45) is 8.77. The van der Waals surface area contributed by atoms with Crippen molar-refractivity contribution in [1.29, 1.82) is 0 Å². The molecule has 2 N–H and O–H groups in total. The highest BCUT2D eigenvalue weighted by Gasteiger charge is 2.27. The highest BCUT2D eigenvalue weighted by atomic mass is 35.5. The third-order valence-corrected chi connectivity index (χ3v) is 11.4. The Hall–Kier alpha value is -3.66. The number of ether oxygens (including phenoxy) is 1. The topological polar surface area (TPSA) is 95.9 Å². The first-order valence-electron chi connectivity index (χ1n) is 17.8. The summed E-state index contributed by atoms with van der Waals surface area (Å²) in [6.45, 7) is 10.2. The monoisotopic (exact) mass is 687 g/mol. The lowest BCUT2D eigenvalue weighted by atomic mass is 9.88. The summed E-state index contributed by atoms with van der Waals surface area (Å²) in [4.78, 5) is 41.0. The summed E-state index contributed by atoms with van der Waals surface area (Å²) >= 11 is 6.90. The summed E-state index contributed by atoms with van der Waals surface area (Å²) in [6, 6.07) is 12.2. The number of carbonyl (C=O) groups excluding carboxylic acids is 2. The largest absolute Gasteiger partial charge is 0.496 e. The Balaban J connectivity index is 0.944. The third-order valence-electron chi connectivity index (χ3n) is 11.1. The van der Waals surface area contributed by atoms with Crippen molar-refractivity contribution in [2.24, 2.45) is 13.0 Å². The Morgan fingerprint density at radius 2 is 1.61 bits per heavy atom. The number of hydrogen-bond acceptors (Lipinski definition) is 7. The fourth-order valence-corrected chi connectivity index (χ4v) is 8.04. The van der Waals surface area contributed by atoms with Gasteiger partial charge in [0.25, 0.3) is 5.56 Å². The summed E-state index contributed by atoms with van der Waals surface area (Å²) in [7, 11) is 3.49. The van der Waals surface area contributed by atoms with Gasteiger partial charge in [-0.15, -0.1) is 0 Å². The van der Waals surface area contributed by atoms with E-state index < -0.39 is 0 Å². The summed E-state index contributed by atoms with van der Waals surface area (Å²) in [5.74, 6) is 1.67. The van der Waals surface area contributed by atoms with Crippen molar-refractivity contribution in [1.82, 2.24) is 19.7 Å². The molecule has 3 saturated heterocycles. The van der Waals surface area contributed by atoms with Crippen LogP contribution in [0.25, 0.3) is 11.1 Å². The van der Waals surface area contributed by atoms with Crippen molar-refractivity contribution >= 4 is 29.1 Å². The molecule has 6 rings (SSSR count). The van der Waals surface area contributed by atoms with Crippen LogP contribution in [0.15, 0.2) is 47.4 Å². The number of halogens is 1. The maximum Gasteiger partial charge on any atom is 0.253 e. The molecule has 2 amide bonds. The van der Waals surface area contributed by atoms with Crippen LogP contribution >= 0.6 is 11.6 Å². The number of nitrogens with one attached hydrogen (secondary N) is 2. The Bertz CT molecular complexity index is 1720. The Labute approximate surface area is 295 Å². The maximum atomic E-state index is 12.4. The second-order valence-corrected chi connectivity index (χ2v) is 14.6. The number of likely N-dealkylation sites (tertiary alicyclic amines) is 2. The zero-order valence-electron chi connectivity index (χ0n) is 29.3. The van der Waals surface area contributed by atoms with Crippen molar-refractivity contribution in [2.45, 2.75) is 77.3 Å². The molecule has 0 saturated carbocycles. The van der Waals surface area contributed by atoms with E-state index >= 15 is 0 Å². The molecule has 3 fully saturated rings. The van der Waals surface area contributed by atoms with Gasteiger partial charge in [0.05, 0.1) is 7.11 Å². The highest BCUT2D eigenvalue weighted by Crippen LogP contribution is 2.37. The lowest BCUT2D eigenvalue weighted by Crippen LogP contribution is -2.47. The smallest absolute Gasteiger partial charge is 0.253 e. The second kappa shape index (κ2) is 15.5. The fourth-order valence-electron chi connectivity index (χ4n) is 7.77. The van der Waals surface area contributed by atoms with Crippen LogP contribution in [-0.4, -0.2) is 72.1 Å². The predicted octanol–water partition coefficient (Wildman–Crippen LogP) is 6.03. The van der Waals surface area contributed by atoms with Gasteiger partial charge in [0, 0.05) is 53.6 Å². The van der Waals surface area contributed by atoms with E-state index in [0.29, 0.717) is 23.8 Å². The van der Waals surface area contributed by atoms with E-state index in [9.17, 15) is 14.4 Å². The molecule has 0 radical (unpaired) electrons. The molecule has 0 aliphatic carbocycles. The minimum atomic E-state index is -0.354. The lowest BCUT2D eigenvalue weighted by molar-refractivity contribution is -0.133. The van der Waals surface area contributed by atoms with Gasteiger partial charge in [-0.2, -0.15) is 0 Å². The van der Waals surface area contributed by atoms with Gasteiger partial charge in [-0.05, 0) is 138 Å². The SMILES string of the molecule is COc1cc(-c2cn(C)c(=O)c(C)c2C)cc(Cl)c1CN1CCC(CCN2CCC(c3ccc(NC4CCC(=O)NC4=O)cc3)CC2)CC1. The van der Waals surface area contributed by atoms with E-state index in [4.69, 9.17) is 16.3 Å². The van der Waals surface area contributed by atoms with Crippen LogP contribution in [0, 0.1) is 19.8 Å². The van der Waals surface area contributed by atoms with E-state index in [1.807, 2.05) is 26.1 Å². The van der Waals surface area contributed by atoms with Crippen molar-refractivity contribution in [3.05, 3.63) is 80.2 Å². The number of hydrogen-bond donors (Lipinski definition) is 2. The first-order chi connectivity index (χ1) is 23.6. The maximum absolute atomic E-state index is 12.4. The molecule has 3 aromatic rings. The molecule has 1 atom stereocenters. The number of piperidine rings is 3. The van der Waals surface area contributed by atoms with Gasteiger partial charge in [0.15, 0.2) is 0 Å². The van der Waals surface area contributed by atoms with Gasteiger partial charge >= 0.3 is 0 Å². The highest BCUT2D eigenvalue weighted by molar-refractivity contribution is 6.32. The van der Waals surface area contributed by atoms with E-state index in [0.717, 1.165) is 84.4 Å². The van der Waals surface area contributed by atoms with Crippen molar-refractivity contribution < 1.29 is 14.3 Å². The zero-order chi connectivity index (χ0) is 34.7. The van der Waals surface area contributed by atoms with E-state index in [2.05, 4.69) is 50.8 Å². The normalized spacial score (nSPS) is 20.0.